The number of thiazole rings is 1. The van der Waals surface area contributed by atoms with Crippen LogP contribution >= 0.6 is 22.9 Å². The van der Waals surface area contributed by atoms with Gasteiger partial charge in [0.25, 0.3) is 10.0 Å². The lowest BCUT2D eigenvalue weighted by atomic mass is 10.4. The molecule has 1 fully saturated rings. The van der Waals surface area contributed by atoms with E-state index in [9.17, 15) is 13.2 Å². The minimum Gasteiger partial charge on any atom is -0.343 e. The number of imidazole rings is 1. The highest BCUT2D eigenvalue weighted by atomic mass is 35.5. The predicted molar refractivity (Wildman–Crippen MR) is 74.5 cm³/mol. The lowest BCUT2D eigenvalue weighted by Crippen LogP contribution is -2.50. The Labute approximate surface area is 124 Å². The van der Waals surface area contributed by atoms with Gasteiger partial charge in [-0.15, -0.1) is 11.3 Å². The van der Waals surface area contributed by atoms with Crippen LogP contribution < -0.4 is 0 Å². The minimum atomic E-state index is -3.84. The average molecular weight is 335 g/mol. The maximum atomic E-state index is 12.6. The second-order valence-electron chi connectivity index (χ2n) is 4.42. The first kappa shape index (κ1) is 13.8. The van der Waals surface area contributed by atoms with Gasteiger partial charge in [-0.3, -0.25) is 9.20 Å². The molecule has 1 aliphatic heterocycles. The van der Waals surface area contributed by atoms with Crippen LogP contribution in [0, 0.1) is 0 Å². The van der Waals surface area contributed by atoms with Crippen molar-refractivity contribution in [2.45, 2.75) is 5.03 Å². The fraction of sp³-hybridized carbons (Fsp3) is 0.400. The molecule has 1 aliphatic rings. The van der Waals surface area contributed by atoms with Crippen molar-refractivity contribution in [2.24, 2.45) is 0 Å². The van der Waals surface area contributed by atoms with Gasteiger partial charge in [0.15, 0.2) is 15.1 Å². The molecule has 7 nitrogen and oxygen atoms in total. The van der Waals surface area contributed by atoms with Crippen molar-refractivity contribution in [1.29, 1.82) is 0 Å². The monoisotopic (exact) mass is 334 g/mol. The summed E-state index contributed by atoms with van der Waals surface area (Å²) in [6.07, 6.45) is 1.60. The average Bonchev–Trinajstić information content (AvgIpc) is 2.91. The molecular weight excluding hydrogens is 324 g/mol. The Hall–Kier alpha value is -1.16. The number of piperazine rings is 1. The Morgan fingerprint density at radius 3 is 2.85 bits per heavy atom. The van der Waals surface area contributed by atoms with Gasteiger partial charge in [0.05, 0.1) is 6.54 Å². The topological polar surface area (TPSA) is 75.0 Å². The zero-order valence-corrected chi connectivity index (χ0v) is 12.9. The molecule has 0 bridgehead atoms. The van der Waals surface area contributed by atoms with Gasteiger partial charge in [0, 0.05) is 31.7 Å². The van der Waals surface area contributed by atoms with Crippen LogP contribution in [0.1, 0.15) is 0 Å². The maximum absolute atomic E-state index is 12.6. The molecule has 2 aromatic rings. The van der Waals surface area contributed by atoms with E-state index in [1.165, 1.54) is 20.6 Å². The number of hydrogen-bond acceptors (Lipinski definition) is 5. The van der Waals surface area contributed by atoms with Gasteiger partial charge in [-0.05, 0) is 0 Å². The summed E-state index contributed by atoms with van der Waals surface area (Å²) in [5, 5.41) is 1.59. The van der Waals surface area contributed by atoms with Gasteiger partial charge >= 0.3 is 0 Å². The number of nitrogens with zero attached hydrogens (tertiary/aromatic N) is 4. The summed E-state index contributed by atoms with van der Waals surface area (Å²) in [5.41, 5.74) is 0. The van der Waals surface area contributed by atoms with Crippen molar-refractivity contribution >= 4 is 43.8 Å². The molecule has 3 rings (SSSR count). The second kappa shape index (κ2) is 4.69. The van der Waals surface area contributed by atoms with E-state index in [2.05, 4.69) is 4.98 Å². The number of sulfonamides is 1. The van der Waals surface area contributed by atoms with Crippen LogP contribution in [0.3, 0.4) is 0 Å². The van der Waals surface area contributed by atoms with Gasteiger partial charge in [0.2, 0.25) is 5.91 Å². The first-order chi connectivity index (χ1) is 9.41. The van der Waals surface area contributed by atoms with E-state index in [1.54, 1.807) is 18.6 Å². The molecule has 0 aliphatic carbocycles. The third-order valence-corrected chi connectivity index (χ3v) is 6.19. The van der Waals surface area contributed by atoms with Crippen LogP contribution in [0.15, 0.2) is 16.6 Å². The molecule has 0 spiro atoms. The van der Waals surface area contributed by atoms with Gasteiger partial charge in [-0.25, -0.2) is 13.4 Å². The molecule has 1 amide bonds. The number of carbonyl (C=O) groups excluding carboxylic acids is 1. The van der Waals surface area contributed by atoms with E-state index in [1.807, 2.05) is 0 Å². The molecule has 0 saturated carbocycles. The number of fused-ring (bicyclic) bond motifs is 1. The number of rotatable bonds is 2. The zero-order valence-electron chi connectivity index (χ0n) is 10.5. The summed E-state index contributed by atoms with van der Waals surface area (Å²) in [4.78, 5) is 17.7. The van der Waals surface area contributed by atoms with E-state index >= 15 is 0 Å². The summed E-state index contributed by atoms with van der Waals surface area (Å²) in [6, 6.07) is 0. The minimum absolute atomic E-state index is 0.0665. The smallest absolute Gasteiger partial charge is 0.262 e. The highest BCUT2D eigenvalue weighted by molar-refractivity contribution is 7.89. The number of carbonyl (C=O) groups is 1. The molecule has 10 heteroatoms. The van der Waals surface area contributed by atoms with E-state index in [0.717, 1.165) is 4.31 Å². The zero-order chi connectivity index (χ0) is 14.5. The lowest BCUT2D eigenvalue weighted by molar-refractivity contribution is -0.132. The van der Waals surface area contributed by atoms with Crippen molar-refractivity contribution in [3.8, 4) is 0 Å². The van der Waals surface area contributed by atoms with Crippen molar-refractivity contribution in [3.63, 3.8) is 0 Å². The van der Waals surface area contributed by atoms with Gasteiger partial charge < -0.3 is 4.90 Å². The highest BCUT2D eigenvalue weighted by Gasteiger charge is 2.35. The number of aromatic nitrogens is 2. The fourth-order valence-corrected chi connectivity index (χ4v) is 4.82. The van der Waals surface area contributed by atoms with Crippen LogP contribution in [-0.2, 0) is 14.8 Å². The number of likely N-dealkylation sites (N-methyl/N-ethyl adjacent to an activating group) is 1. The maximum Gasteiger partial charge on any atom is 0.262 e. The summed E-state index contributed by atoms with van der Waals surface area (Å²) in [7, 11) is -2.19. The van der Waals surface area contributed by atoms with Crippen LogP contribution in [0.25, 0.3) is 4.96 Å². The Morgan fingerprint density at radius 2 is 2.15 bits per heavy atom. The second-order valence-corrected chi connectivity index (χ2v) is 7.50. The molecule has 20 heavy (non-hydrogen) atoms. The third-order valence-electron chi connectivity index (χ3n) is 3.18. The summed E-state index contributed by atoms with van der Waals surface area (Å²) < 4.78 is 27.9. The van der Waals surface area contributed by atoms with Gasteiger partial charge in [-0.1, -0.05) is 11.6 Å². The van der Waals surface area contributed by atoms with E-state index in [0.29, 0.717) is 11.5 Å². The molecule has 2 aromatic heterocycles. The summed E-state index contributed by atoms with van der Waals surface area (Å²) in [6.45, 7) is 0.437. The van der Waals surface area contributed by atoms with Gasteiger partial charge in [0.1, 0.15) is 0 Å². The van der Waals surface area contributed by atoms with Crippen molar-refractivity contribution < 1.29 is 13.2 Å². The molecule has 0 N–H and O–H groups in total. The SMILES string of the molecule is CN1CCN(S(=O)(=O)c2c(Cl)nc3sccn23)CC1=O. The van der Waals surface area contributed by atoms with Crippen LogP contribution in [0.2, 0.25) is 5.15 Å². The Bertz CT molecular complexity index is 782. The molecule has 0 atom stereocenters. The predicted octanol–water partition coefficient (Wildman–Crippen LogP) is 0.512. The fourth-order valence-electron chi connectivity index (χ4n) is 2.03. The molecule has 1 saturated heterocycles. The van der Waals surface area contributed by atoms with E-state index < -0.39 is 10.0 Å². The number of hydrogen-bond donors (Lipinski definition) is 0. The normalized spacial score (nSPS) is 18.1. The first-order valence-corrected chi connectivity index (χ1v) is 8.46. The van der Waals surface area contributed by atoms with Crippen molar-refractivity contribution in [3.05, 3.63) is 16.7 Å². The quantitative estimate of drug-likeness (QED) is 0.802. The Balaban J connectivity index is 2.06. The molecule has 3 heterocycles. The van der Waals surface area contributed by atoms with Crippen LogP contribution in [0.5, 0.6) is 0 Å². The number of amides is 1. The molecule has 108 valence electrons. The van der Waals surface area contributed by atoms with Crippen LogP contribution in [-0.4, -0.2) is 59.6 Å². The molecule has 0 aromatic carbocycles. The van der Waals surface area contributed by atoms with E-state index in [-0.39, 0.29) is 29.2 Å². The van der Waals surface area contributed by atoms with Crippen molar-refractivity contribution in [1.82, 2.24) is 18.6 Å². The molecular formula is C10H11ClN4O3S2. The lowest BCUT2D eigenvalue weighted by Gasteiger charge is -2.30. The highest BCUT2D eigenvalue weighted by Crippen LogP contribution is 2.28. The Morgan fingerprint density at radius 1 is 1.40 bits per heavy atom. The summed E-state index contributed by atoms with van der Waals surface area (Å²) >= 11 is 7.25. The molecule has 0 radical (unpaired) electrons. The largest absolute Gasteiger partial charge is 0.343 e. The summed E-state index contributed by atoms with van der Waals surface area (Å²) in [5.74, 6) is -0.234. The standard InChI is InChI=1S/C10H11ClN4O3S2/c1-13-2-3-14(6-7(13)16)20(17,18)9-8(11)12-10-15(9)4-5-19-10/h4-5H,2-3,6H2,1H3. The molecule has 0 unspecified atom stereocenters. The first-order valence-electron chi connectivity index (χ1n) is 5.76. The number of halogens is 1. The third kappa shape index (κ3) is 2.01. The Kier molecular flexibility index (Phi) is 3.24. The van der Waals surface area contributed by atoms with Crippen LogP contribution in [0.4, 0.5) is 0 Å². The van der Waals surface area contributed by atoms with E-state index in [4.69, 9.17) is 11.6 Å². The van der Waals surface area contributed by atoms with Gasteiger partial charge in [-0.2, -0.15) is 4.31 Å². The van der Waals surface area contributed by atoms with Crippen molar-refractivity contribution in [2.75, 3.05) is 26.7 Å².